The van der Waals surface area contributed by atoms with Crippen LogP contribution in [0, 0.1) is 0 Å². The van der Waals surface area contributed by atoms with Gasteiger partial charge in [-0.1, -0.05) is 97.3 Å². The second-order valence-corrected chi connectivity index (χ2v) is 8.56. The third-order valence-electron chi connectivity index (χ3n) is 5.56. The molecule has 0 heterocycles. The van der Waals surface area contributed by atoms with Gasteiger partial charge in [0.25, 0.3) is 0 Å². The van der Waals surface area contributed by atoms with Crippen LogP contribution >= 0.6 is 0 Å². The number of rotatable bonds is 20. The number of hydrazone groups is 1. The van der Waals surface area contributed by atoms with Gasteiger partial charge in [-0.15, -0.1) is 0 Å². The van der Waals surface area contributed by atoms with E-state index in [9.17, 15) is 4.79 Å². The third-order valence-corrected chi connectivity index (χ3v) is 5.56. The SMILES string of the molecule is CCCCCCCCCCCCCCCC(=O)NN=Cc1ccc(OCCCC)cc1. The highest BCUT2D eigenvalue weighted by molar-refractivity contribution is 5.82. The molecule has 176 valence electrons. The molecule has 0 aliphatic heterocycles. The van der Waals surface area contributed by atoms with Crippen molar-refractivity contribution in [2.24, 2.45) is 5.10 Å². The van der Waals surface area contributed by atoms with Crippen molar-refractivity contribution in [2.45, 2.75) is 117 Å². The van der Waals surface area contributed by atoms with Crippen LogP contribution in [0.3, 0.4) is 0 Å². The normalized spacial score (nSPS) is 11.2. The van der Waals surface area contributed by atoms with Crippen LogP contribution in [-0.4, -0.2) is 18.7 Å². The van der Waals surface area contributed by atoms with Crippen LogP contribution in [0.25, 0.3) is 0 Å². The molecule has 0 spiro atoms. The Morgan fingerprint density at radius 2 is 1.29 bits per heavy atom. The summed E-state index contributed by atoms with van der Waals surface area (Å²) in [6.07, 6.45) is 21.5. The fourth-order valence-electron chi connectivity index (χ4n) is 3.52. The third kappa shape index (κ3) is 16.5. The van der Waals surface area contributed by atoms with Gasteiger partial charge in [-0.2, -0.15) is 5.10 Å². The van der Waals surface area contributed by atoms with Gasteiger partial charge in [-0.05, 0) is 42.7 Å². The van der Waals surface area contributed by atoms with E-state index in [2.05, 4.69) is 24.4 Å². The van der Waals surface area contributed by atoms with Gasteiger partial charge >= 0.3 is 0 Å². The van der Waals surface area contributed by atoms with Crippen LogP contribution in [0.4, 0.5) is 0 Å². The minimum absolute atomic E-state index is 0.00107. The topological polar surface area (TPSA) is 50.7 Å². The summed E-state index contributed by atoms with van der Waals surface area (Å²) in [6, 6.07) is 7.77. The Hall–Kier alpha value is -1.84. The minimum Gasteiger partial charge on any atom is -0.494 e. The first-order valence-electron chi connectivity index (χ1n) is 12.8. The quantitative estimate of drug-likeness (QED) is 0.130. The maximum atomic E-state index is 11.9. The molecule has 4 nitrogen and oxygen atoms in total. The van der Waals surface area contributed by atoms with Gasteiger partial charge in [0.05, 0.1) is 12.8 Å². The zero-order valence-electron chi connectivity index (χ0n) is 20.2. The fraction of sp³-hybridized carbons (Fsp3) is 0.704. The van der Waals surface area contributed by atoms with E-state index in [0.717, 1.165) is 43.6 Å². The molecule has 4 heteroatoms. The lowest BCUT2D eigenvalue weighted by atomic mass is 10.0. The van der Waals surface area contributed by atoms with E-state index in [1.807, 2.05) is 24.3 Å². The lowest BCUT2D eigenvalue weighted by Crippen LogP contribution is -2.16. The largest absolute Gasteiger partial charge is 0.494 e. The summed E-state index contributed by atoms with van der Waals surface area (Å²) < 4.78 is 5.64. The Balaban J connectivity index is 1.95. The van der Waals surface area contributed by atoms with Crippen LogP contribution in [0.5, 0.6) is 5.75 Å². The summed E-state index contributed by atoms with van der Waals surface area (Å²) >= 11 is 0. The van der Waals surface area contributed by atoms with Gasteiger partial charge in [0, 0.05) is 6.42 Å². The van der Waals surface area contributed by atoms with Gasteiger partial charge in [-0.3, -0.25) is 4.79 Å². The Labute approximate surface area is 191 Å². The number of nitrogens with one attached hydrogen (secondary N) is 1. The molecule has 0 atom stereocenters. The van der Waals surface area contributed by atoms with Crippen molar-refractivity contribution < 1.29 is 9.53 Å². The number of nitrogens with zero attached hydrogens (tertiary/aromatic N) is 1. The zero-order chi connectivity index (χ0) is 22.4. The van der Waals surface area contributed by atoms with E-state index >= 15 is 0 Å². The van der Waals surface area contributed by atoms with E-state index in [0.29, 0.717) is 6.42 Å². The first kappa shape index (κ1) is 27.2. The fourth-order valence-corrected chi connectivity index (χ4v) is 3.52. The zero-order valence-corrected chi connectivity index (χ0v) is 20.2. The average Bonchev–Trinajstić information content (AvgIpc) is 2.78. The number of carbonyl (C=O) groups excluding carboxylic acids is 1. The molecule has 0 bridgehead atoms. The molecule has 1 aromatic carbocycles. The highest BCUT2D eigenvalue weighted by Gasteiger charge is 2.00. The molecule has 1 rings (SSSR count). The molecule has 1 aromatic rings. The lowest BCUT2D eigenvalue weighted by molar-refractivity contribution is -0.121. The smallest absolute Gasteiger partial charge is 0.240 e. The van der Waals surface area contributed by atoms with Crippen LogP contribution in [0.15, 0.2) is 29.4 Å². The number of hydrogen-bond donors (Lipinski definition) is 1. The molecule has 31 heavy (non-hydrogen) atoms. The van der Waals surface area contributed by atoms with Crippen molar-refractivity contribution in [1.29, 1.82) is 0 Å². The highest BCUT2D eigenvalue weighted by atomic mass is 16.5. The first-order chi connectivity index (χ1) is 15.3. The van der Waals surface area contributed by atoms with Gasteiger partial charge < -0.3 is 4.74 Å². The second-order valence-electron chi connectivity index (χ2n) is 8.56. The van der Waals surface area contributed by atoms with Crippen molar-refractivity contribution in [2.75, 3.05) is 6.61 Å². The molecule has 0 saturated carbocycles. The van der Waals surface area contributed by atoms with E-state index in [4.69, 9.17) is 4.74 Å². The molecule has 0 aromatic heterocycles. The Morgan fingerprint density at radius 3 is 1.84 bits per heavy atom. The van der Waals surface area contributed by atoms with Gasteiger partial charge in [-0.25, -0.2) is 5.43 Å². The average molecular weight is 431 g/mol. The van der Waals surface area contributed by atoms with Crippen molar-refractivity contribution in [3.63, 3.8) is 0 Å². The number of hydrogen-bond acceptors (Lipinski definition) is 3. The van der Waals surface area contributed by atoms with Crippen LogP contribution in [-0.2, 0) is 4.79 Å². The summed E-state index contributed by atoms with van der Waals surface area (Å²) in [7, 11) is 0. The predicted octanol–water partition coefficient (Wildman–Crippen LogP) is 7.80. The number of amides is 1. The summed E-state index contributed by atoms with van der Waals surface area (Å²) in [5.41, 5.74) is 3.58. The number of ether oxygens (including phenoxy) is 1. The summed E-state index contributed by atoms with van der Waals surface area (Å²) in [4.78, 5) is 11.9. The van der Waals surface area contributed by atoms with Gasteiger partial charge in [0.2, 0.25) is 5.91 Å². The Bertz CT molecular complexity index is 569. The van der Waals surface area contributed by atoms with Crippen LogP contribution in [0.1, 0.15) is 122 Å². The van der Waals surface area contributed by atoms with Crippen LogP contribution < -0.4 is 10.2 Å². The van der Waals surface area contributed by atoms with E-state index in [1.54, 1.807) is 6.21 Å². The van der Waals surface area contributed by atoms with Crippen molar-refractivity contribution in [3.05, 3.63) is 29.8 Å². The molecule has 0 saturated heterocycles. The van der Waals surface area contributed by atoms with Crippen molar-refractivity contribution >= 4 is 12.1 Å². The van der Waals surface area contributed by atoms with E-state index in [-0.39, 0.29) is 5.91 Å². The first-order valence-corrected chi connectivity index (χ1v) is 12.8. The lowest BCUT2D eigenvalue weighted by Gasteiger charge is -2.05. The molecule has 0 aliphatic rings. The van der Waals surface area contributed by atoms with Gasteiger partial charge in [0.1, 0.15) is 5.75 Å². The maximum absolute atomic E-state index is 11.9. The molecule has 1 N–H and O–H groups in total. The van der Waals surface area contributed by atoms with Crippen molar-refractivity contribution in [1.82, 2.24) is 5.43 Å². The molecule has 0 aliphatic carbocycles. The molecule has 0 unspecified atom stereocenters. The summed E-state index contributed by atoms with van der Waals surface area (Å²) in [5, 5.41) is 4.06. The molecular formula is C27H46N2O2. The highest BCUT2D eigenvalue weighted by Crippen LogP contribution is 2.13. The molecule has 0 fully saturated rings. The van der Waals surface area contributed by atoms with E-state index in [1.165, 1.54) is 70.6 Å². The number of benzene rings is 1. The maximum Gasteiger partial charge on any atom is 0.240 e. The summed E-state index contributed by atoms with van der Waals surface area (Å²) in [5.74, 6) is 0.871. The molecule has 1 amide bonds. The monoisotopic (exact) mass is 430 g/mol. The molecular weight excluding hydrogens is 384 g/mol. The number of unbranched alkanes of at least 4 members (excludes halogenated alkanes) is 13. The van der Waals surface area contributed by atoms with E-state index < -0.39 is 0 Å². The predicted molar refractivity (Wildman–Crippen MR) is 133 cm³/mol. The van der Waals surface area contributed by atoms with Crippen LogP contribution in [0.2, 0.25) is 0 Å². The second kappa shape index (κ2) is 20.1. The summed E-state index contributed by atoms with van der Waals surface area (Å²) in [6.45, 7) is 5.17. The van der Waals surface area contributed by atoms with Gasteiger partial charge in [0.15, 0.2) is 0 Å². The minimum atomic E-state index is -0.00107. The Kier molecular flexibility index (Phi) is 17.6. The van der Waals surface area contributed by atoms with Crippen molar-refractivity contribution in [3.8, 4) is 5.75 Å². The Morgan fingerprint density at radius 1 is 0.774 bits per heavy atom. The number of carbonyl (C=O) groups is 1. The molecule has 0 radical (unpaired) electrons. The standard InChI is InChI=1S/C27H46N2O2/c1-3-5-7-8-9-10-11-12-13-14-15-16-17-18-27(30)29-28-24-25-19-21-26(22-20-25)31-23-6-4-2/h19-22,24H,3-18,23H2,1-2H3,(H,29,30).